The van der Waals surface area contributed by atoms with E-state index < -0.39 is 6.04 Å². The number of benzene rings is 1. The van der Waals surface area contributed by atoms with E-state index in [4.69, 9.17) is 4.74 Å². The topological polar surface area (TPSA) is 38.3 Å². The van der Waals surface area contributed by atoms with E-state index in [2.05, 4.69) is 16.8 Å². The molecule has 0 fully saturated rings. The molecule has 0 aliphatic rings. The van der Waals surface area contributed by atoms with Crippen molar-refractivity contribution in [3.05, 3.63) is 58.3 Å². The highest BCUT2D eigenvalue weighted by molar-refractivity contribution is 7.09. The standard InChI is InChI=1S/C15H17NO2S.ClH/c1-18-15(17)14(12-6-3-2-4-7-12)16-10-9-13-8-5-11-19-13;/h2-8,11,14,16H,9-10H2,1H3;1H. The van der Waals surface area contributed by atoms with Crippen molar-refractivity contribution in [1.29, 1.82) is 0 Å². The van der Waals surface area contributed by atoms with Crippen LogP contribution in [-0.2, 0) is 16.0 Å². The van der Waals surface area contributed by atoms with Crippen molar-refractivity contribution in [2.75, 3.05) is 13.7 Å². The monoisotopic (exact) mass is 311 g/mol. The molecule has 0 bridgehead atoms. The molecule has 5 heteroatoms. The number of carbonyl (C=O) groups excluding carboxylic acids is 1. The highest BCUT2D eigenvalue weighted by Gasteiger charge is 2.20. The van der Waals surface area contributed by atoms with Crippen LogP contribution in [0.5, 0.6) is 0 Å². The van der Waals surface area contributed by atoms with Crippen molar-refractivity contribution >= 4 is 29.7 Å². The molecule has 0 aliphatic heterocycles. The molecular formula is C15H18ClNO2S. The van der Waals surface area contributed by atoms with Gasteiger partial charge in [-0.2, -0.15) is 0 Å². The van der Waals surface area contributed by atoms with Crippen LogP contribution < -0.4 is 5.32 Å². The molecule has 1 N–H and O–H groups in total. The van der Waals surface area contributed by atoms with Gasteiger partial charge in [0, 0.05) is 11.4 Å². The Kier molecular flexibility index (Phi) is 7.30. The summed E-state index contributed by atoms with van der Waals surface area (Å²) >= 11 is 1.73. The fourth-order valence-corrected chi connectivity index (χ4v) is 2.60. The van der Waals surface area contributed by atoms with Gasteiger partial charge < -0.3 is 10.1 Å². The predicted octanol–water partition coefficient (Wildman–Crippen LogP) is 3.22. The Morgan fingerprint density at radius 1 is 1.25 bits per heavy atom. The van der Waals surface area contributed by atoms with E-state index in [9.17, 15) is 4.79 Å². The summed E-state index contributed by atoms with van der Waals surface area (Å²) in [7, 11) is 1.42. The number of methoxy groups -OCH3 is 1. The van der Waals surface area contributed by atoms with Gasteiger partial charge in [-0.1, -0.05) is 36.4 Å². The fourth-order valence-electron chi connectivity index (χ4n) is 1.90. The molecule has 1 unspecified atom stereocenters. The van der Waals surface area contributed by atoms with E-state index in [1.165, 1.54) is 12.0 Å². The van der Waals surface area contributed by atoms with Crippen LogP contribution >= 0.6 is 23.7 Å². The Morgan fingerprint density at radius 2 is 2.00 bits per heavy atom. The molecule has 0 spiro atoms. The van der Waals surface area contributed by atoms with Crippen molar-refractivity contribution in [2.45, 2.75) is 12.5 Å². The number of hydrogen-bond donors (Lipinski definition) is 1. The summed E-state index contributed by atoms with van der Waals surface area (Å²) in [5.74, 6) is -0.252. The molecule has 2 aromatic rings. The maximum atomic E-state index is 11.8. The number of rotatable bonds is 6. The Morgan fingerprint density at radius 3 is 2.60 bits per heavy atom. The Bertz CT molecular complexity index is 502. The minimum atomic E-state index is -0.397. The van der Waals surface area contributed by atoms with Crippen molar-refractivity contribution in [1.82, 2.24) is 5.32 Å². The first-order valence-electron chi connectivity index (χ1n) is 6.20. The highest BCUT2D eigenvalue weighted by atomic mass is 35.5. The van der Waals surface area contributed by atoms with E-state index in [1.807, 2.05) is 36.4 Å². The smallest absolute Gasteiger partial charge is 0.327 e. The van der Waals surface area contributed by atoms with Crippen LogP contribution in [0.3, 0.4) is 0 Å². The summed E-state index contributed by atoms with van der Waals surface area (Å²) < 4.78 is 4.86. The minimum absolute atomic E-state index is 0. The molecular weight excluding hydrogens is 294 g/mol. The van der Waals surface area contributed by atoms with Crippen LogP contribution in [0.1, 0.15) is 16.5 Å². The molecule has 0 radical (unpaired) electrons. The van der Waals surface area contributed by atoms with Gasteiger partial charge in [0.15, 0.2) is 0 Å². The maximum absolute atomic E-state index is 11.8. The van der Waals surface area contributed by atoms with Crippen molar-refractivity contribution in [2.24, 2.45) is 0 Å². The zero-order chi connectivity index (χ0) is 13.5. The molecule has 108 valence electrons. The van der Waals surface area contributed by atoms with E-state index in [0.29, 0.717) is 0 Å². The van der Waals surface area contributed by atoms with Gasteiger partial charge in [0.2, 0.25) is 0 Å². The van der Waals surface area contributed by atoms with Gasteiger partial charge >= 0.3 is 5.97 Å². The molecule has 2 rings (SSSR count). The average Bonchev–Trinajstić information content (AvgIpc) is 2.97. The summed E-state index contributed by atoms with van der Waals surface area (Å²) in [5.41, 5.74) is 0.931. The van der Waals surface area contributed by atoms with Gasteiger partial charge in [-0.15, -0.1) is 23.7 Å². The number of hydrogen-bond acceptors (Lipinski definition) is 4. The summed E-state index contributed by atoms with van der Waals surface area (Å²) in [6.45, 7) is 0.745. The van der Waals surface area contributed by atoms with Gasteiger partial charge in [-0.25, -0.2) is 4.79 Å². The van der Waals surface area contributed by atoms with Gasteiger partial charge in [-0.05, 0) is 23.4 Å². The molecule has 0 saturated heterocycles. The van der Waals surface area contributed by atoms with E-state index >= 15 is 0 Å². The molecule has 20 heavy (non-hydrogen) atoms. The Hall–Kier alpha value is -1.36. The third kappa shape index (κ3) is 4.63. The third-order valence-electron chi connectivity index (χ3n) is 2.87. The second-order valence-electron chi connectivity index (χ2n) is 4.15. The second-order valence-corrected chi connectivity index (χ2v) is 5.18. The number of halogens is 1. The maximum Gasteiger partial charge on any atom is 0.327 e. The molecule has 0 amide bonds. The molecule has 0 saturated carbocycles. The first-order chi connectivity index (χ1) is 9.31. The van der Waals surface area contributed by atoms with Crippen molar-refractivity contribution < 1.29 is 9.53 Å². The van der Waals surface area contributed by atoms with Crippen LogP contribution in [-0.4, -0.2) is 19.6 Å². The minimum Gasteiger partial charge on any atom is -0.468 e. The SMILES string of the molecule is COC(=O)C(NCCc1cccs1)c1ccccc1.Cl. The van der Waals surface area contributed by atoms with E-state index in [0.717, 1.165) is 18.5 Å². The predicted molar refractivity (Wildman–Crippen MR) is 84.5 cm³/mol. The van der Waals surface area contributed by atoms with E-state index in [1.54, 1.807) is 11.3 Å². The lowest BCUT2D eigenvalue weighted by Gasteiger charge is -2.16. The number of nitrogens with one attached hydrogen (secondary N) is 1. The van der Waals surface area contributed by atoms with Crippen LogP contribution in [0.2, 0.25) is 0 Å². The lowest BCUT2D eigenvalue weighted by Crippen LogP contribution is -2.31. The summed E-state index contributed by atoms with van der Waals surface area (Å²) in [4.78, 5) is 13.1. The Balaban J connectivity index is 0.00000200. The second kappa shape index (κ2) is 8.74. The molecule has 0 aliphatic carbocycles. The average molecular weight is 312 g/mol. The lowest BCUT2D eigenvalue weighted by atomic mass is 10.1. The van der Waals surface area contributed by atoms with Crippen LogP contribution in [0.4, 0.5) is 0 Å². The fraction of sp³-hybridized carbons (Fsp3) is 0.267. The molecule has 1 aromatic heterocycles. The zero-order valence-corrected chi connectivity index (χ0v) is 12.9. The van der Waals surface area contributed by atoms with Gasteiger partial charge in [-0.3, -0.25) is 0 Å². The number of esters is 1. The van der Waals surface area contributed by atoms with Crippen LogP contribution in [0.25, 0.3) is 0 Å². The molecule has 1 atom stereocenters. The van der Waals surface area contributed by atoms with Crippen molar-refractivity contribution in [3.8, 4) is 0 Å². The first-order valence-corrected chi connectivity index (χ1v) is 7.08. The molecule has 1 heterocycles. The molecule has 3 nitrogen and oxygen atoms in total. The van der Waals surface area contributed by atoms with Crippen LogP contribution in [0, 0.1) is 0 Å². The number of ether oxygens (including phenoxy) is 1. The summed E-state index contributed by atoms with van der Waals surface area (Å²) in [5, 5.41) is 5.32. The number of thiophene rings is 1. The van der Waals surface area contributed by atoms with Gasteiger partial charge in [0.05, 0.1) is 7.11 Å². The molecule has 1 aromatic carbocycles. The Labute approximate surface area is 129 Å². The first kappa shape index (κ1) is 16.7. The van der Waals surface area contributed by atoms with Crippen molar-refractivity contribution in [3.63, 3.8) is 0 Å². The largest absolute Gasteiger partial charge is 0.468 e. The summed E-state index contributed by atoms with van der Waals surface area (Å²) in [6.07, 6.45) is 0.915. The highest BCUT2D eigenvalue weighted by Crippen LogP contribution is 2.15. The van der Waals surface area contributed by atoms with Gasteiger partial charge in [0.25, 0.3) is 0 Å². The van der Waals surface area contributed by atoms with Gasteiger partial charge in [0.1, 0.15) is 6.04 Å². The number of carbonyl (C=O) groups is 1. The van der Waals surface area contributed by atoms with Crippen LogP contribution in [0.15, 0.2) is 47.8 Å². The quantitative estimate of drug-likeness (QED) is 0.833. The normalized spacial score (nSPS) is 11.4. The zero-order valence-electron chi connectivity index (χ0n) is 11.2. The lowest BCUT2D eigenvalue weighted by molar-refractivity contribution is -0.143. The third-order valence-corrected chi connectivity index (χ3v) is 3.81. The summed E-state index contributed by atoms with van der Waals surface area (Å²) in [6, 6.07) is 13.4. The van der Waals surface area contributed by atoms with E-state index in [-0.39, 0.29) is 18.4 Å².